The molecule has 184 valence electrons. The summed E-state index contributed by atoms with van der Waals surface area (Å²) in [6.07, 6.45) is -4.11. The van der Waals surface area contributed by atoms with Gasteiger partial charge in [-0.1, -0.05) is 13.8 Å². The lowest BCUT2D eigenvalue weighted by Gasteiger charge is -2.42. The van der Waals surface area contributed by atoms with Gasteiger partial charge in [0.1, 0.15) is 23.0 Å². The fourth-order valence-electron chi connectivity index (χ4n) is 3.47. The van der Waals surface area contributed by atoms with Crippen molar-refractivity contribution in [3.8, 4) is 5.75 Å². The number of carbonyl (C=O) groups is 2. The zero-order valence-electron chi connectivity index (χ0n) is 18.5. The van der Waals surface area contributed by atoms with Crippen molar-refractivity contribution in [3.63, 3.8) is 0 Å². The number of aliphatic hydroxyl groups excluding tert-OH is 1. The van der Waals surface area contributed by atoms with Gasteiger partial charge in [-0.3, -0.25) is 14.6 Å². The maximum absolute atomic E-state index is 14.5. The van der Waals surface area contributed by atoms with E-state index in [-0.39, 0.29) is 42.0 Å². The quantitative estimate of drug-likeness (QED) is 0.497. The summed E-state index contributed by atoms with van der Waals surface area (Å²) in [6.45, 7) is 1.52. The van der Waals surface area contributed by atoms with Crippen molar-refractivity contribution in [1.29, 1.82) is 0 Å². The predicted octanol–water partition coefficient (Wildman–Crippen LogP) is 2.61. The van der Waals surface area contributed by atoms with Gasteiger partial charge in [0.2, 0.25) is 0 Å². The van der Waals surface area contributed by atoms with Gasteiger partial charge in [0, 0.05) is 30.0 Å². The van der Waals surface area contributed by atoms with Crippen LogP contribution in [0.15, 0.2) is 30.5 Å². The number of phenolic OH excluding ortho intramolecular Hbond substituents is 1. The summed E-state index contributed by atoms with van der Waals surface area (Å²) < 4.78 is 58.9. The first-order chi connectivity index (χ1) is 15.8. The van der Waals surface area contributed by atoms with E-state index < -0.39 is 47.9 Å². The molecule has 1 amide bonds. The summed E-state index contributed by atoms with van der Waals surface area (Å²) >= 11 is 0. The molecule has 1 saturated heterocycles. The summed E-state index contributed by atoms with van der Waals surface area (Å²) in [5.74, 6) is -2.50. The highest BCUT2D eigenvalue weighted by Crippen LogP contribution is 2.36. The van der Waals surface area contributed by atoms with E-state index in [1.54, 1.807) is 13.8 Å². The van der Waals surface area contributed by atoms with Gasteiger partial charge in [-0.25, -0.2) is 4.39 Å². The van der Waals surface area contributed by atoms with Crippen LogP contribution in [0.5, 0.6) is 5.75 Å². The van der Waals surface area contributed by atoms with E-state index >= 15 is 0 Å². The molecule has 7 nitrogen and oxygen atoms in total. The highest BCUT2D eigenvalue weighted by molar-refractivity contribution is 5.93. The maximum atomic E-state index is 14.5. The van der Waals surface area contributed by atoms with Crippen LogP contribution in [0, 0.1) is 5.82 Å². The molecule has 0 atom stereocenters. The molecule has 2 aromatic rings. The number of ketones is 1. The number of benzene rings is 1. The monoisotopic (exact) mass is 484 g/mol. The summed E-state index contributed by atoms with van der Waals surface area (Å²) in [6, 6.07) is 4.81. The molecule has 34 heavy (non-hydrogen) atoms. The Kier molecular flexibility index (Phi) is 6.99. The highest BCUT2D eigenvalue weighted by Gasteiger charge is 2.61. The minimum absolute atomic E-state index is 0.0517. The molecule has 1 aliphatic heterocycles. The van der Waals surface area contributed by atoms with Crippen LogP contribution >= 0.6 is 0 Å². The Morgan fingerprint density at radius 2 is 1.85 bits per heavy atom. The first-order valence-electron chi connectivity index (χ1n) is 10.3. The number of aromatic hydroxyl groups is 1. The molecule has 0 radical (unpaired) electrons. The average molecular weight is 484 g/mol. The Morgan fingerprint density at radius 1 is 1.18 bits per heavy atom. The lowest BCUT2D eigenvalue weighted by molar-refractivity contribution is -0.263. The number of aromatic nitrogens is 1. The van der Waals surface area contributed by atoms with Crippen LogP contribution < -0.4 is 5.32 Å². The molecule has 1 aromatic heterocycles. The zero-order chi connectivity index (χ0) is 25.3. The molecule has 0 bridgehead atoms. The van der Waals surface area contributed by atoms with Crippen molar-refractivity contribution in [2.75, 3.05) is 19.8 Å². The number of pyridine rings is 1. The SMILES string of the molecule is CC(C)(CO)c1cc(F)c(CC(=O)Cc2ccnc(C(=O)NC3(C(F)(F)F)COC3)c2)cc1O. The fraction of sp³-hybridized carbons (Fsp3) is 0.435. The molecule has 0 unspecified atom stereocenters. The van der Waals surface area contributed by atoms with Gasteiger partial charge >= 0.3 is 6.18 Å². The number of amides is 1. The van der Waals surface area contributed by atoms with E-state index in [1.807, 2.05) is 5.32 Å². The van der Waals surface area contributed by atoms with Gasteiger partial charge in [-0.2, -0.15) is 13.2 Å². The second-order valence-electron chi connectivity index (χ2n) is 8.97. The third-order valence-corrected chi connectivity index (χ3v) is 5.73. The van der Waals surface area contributed by atoms with E-state index in [1.165, 1.54) is 18.3 Å². The Hall–Kier alpha value is -3.05. The van der Waals surface area contributed by atoms with Crippen molar-refractivity contribution >= 4 is 11.7 Å². The molecule has 1 fully saturated rings. The van der Waals surface area contributed by atoms with Gasteiger partial charge in [0.15, 0.2) is 5.54 Å². The van der Waals surface area contributed by atoms with Crippen LogP contribution in [0.25, 0.3) is 0 Å². The van der Waals surface area contributed by atoms with Crippen LogP contribution in [0.4, 0.5) is 17.6 Å². The minimum atomic E-state index is -4.70. The summed E-state index contributed by atoms with van der Waals surface area (Å²) in [7, 11) is 0. The third-order valence-electron chi connectivity index (χ3n) is 5.73. The van der Waals surface area contributed by atoms with Gasteiger partial charge in [-0.15, -0.1) is 0 Å². The number of carbonyl (C=O) groups excluding carboxylic acids is 2. The molecule has 1 aromatic carbocycles. The minimum Gasteiger partial charge on any atom is -0.508 e. The molecular weight excluding hydrogens is 460 g/mol. The number of ether oxygens (including phenoxy) is 1. The normalized spacial score (nSPS) is 15.5. The number of phenols is 1. The van der Waals surface area contributed by atoms with Crippen LogP contribution in [-0.4, -0.2) is 58.4 Å². The predicted molar refractivity (Wildman–Crippen MR) is 112 cm³/mol. The maximum Gasteiger partial charge on any atom is 0.416 e. The number of nitrogens with one attached hydrogen (secondary N) is 1. The van der Waals surface area contributed by atoms with Crippen molar-refractivity contribution < 1.29 is 42.1 Å². The second kappa shape index (κ2) is 9.30. The molecule has 3 rings (SSSR count). The standard InChI is InChI=1S/C23H24F4N2O5/c1-21(2,10-30)16-9-17(24)14(8-19(16)32)7-15(31)5-13-3-4-28-18(6-13)20(33)29-22(11-34-12-22)23(25,26)27/h3-4,6,8-9,30,32H,5,7,10-12H2,1-2H3,(H,29,33). The molecule has 3 N–H and O–H groups in total. The molecule has 0 aliphatic carbocycles. The Bertz CT molecular complexity index is 1100. The summed E-state index contributed by atoms with van der Waals surface area (Å²) in [4.78, 5) is 28.6. The van der Waals surface area contributed by atoms with Crippen molar-refractivity contribution in [2.45, 2.75) is 43.8 Å². The number of alkyl halides is 3. The van der Waals surface area contributed by atoms with Gasteiger partial charge in [0.05, 0.1) is 19.8 Å². The van der Waals surface area contributed by atoms with Crippen LogP contribution in [0.3, 0.4) is 0 Å². The fourth-order valence-corrected chi connectivity index (χ4v) is 3.47. The topological polar surface area (TPSA) is 109 Å². The average Bonchev–Trinajstić information content (AvgIpc) is 2.72. The van der Waals surface area contributed by atoms with Gasteiger partial charge in [-0.05, 0) is 35.4 Å². The zero-order valence-corrected chi connectivity index (χ0v) is 18.5. The largest absolute Gasteiger partial charge is 0.508 e. The highest BCUT2D eigenvalue weighted by atomic mass is 19.4. The lowest BCUT2D eigenvalue weighted by atomic mass is 9.84. The second-order valence-corrected chi connectivity index (χ2v) is 8.97. The number of hydrogen-bond donors (Lipinski definition) is 3. The molecular formula is C23H24F4N2O5. The Morgan fingerprint density at radius 3 is 2.41 bits per heavy atom. The van der Waals surface area contributed by atoms with Gasteiger partial charge in [0.25, 0.3) is 5.91 Å². The van der Waals surface area contributed by atoms with E-state index in [9.17, 15) is 37.4 Å². The van der Waals surface area contributed by atoms with Crippen molar-refractivity contribution in [3.05, 3.63) is 58.7 Å². The number of halogens is 4. The van der Waals surface area contributed by atoms with Crippen LogP contribution in [-0.2, 0) is 27.8 Å². The first-order valence-corrected chi connectivity index (χ1v) is 10.3. The smallest absolute Gasteiger partial charge is 0.416 e. The first kappa shape index (κ1) is 25.6. The lowest BCUT2D eigenvalue weighted by Crippen LogP contribution is -2.70. The van der Waals surface area contributed by atoms with Gasteiger partial charge < -0.3 is 20.3 Å². The number of nitrogens with zero attached hydrogens (tertiary/aromatic N) is 1. The molecule has 0 spiro atoms. The molecule has 2 heterocycles. The summed E-state index contributed by atoms with van der Waals surface area (Å²) in [5.41, 5.74) is -3.23. The third kappa shape index (κ3) is 5.20. The number of rotatable bonds is 8. The van der Waals surface area contributed by atoms with E-state index in [4.69, 9.17) is 0 Å². The van der Waals surface area contributed by atoms with Crippen molar-refractivity contribution in [1.82, 2.24) is 10.3 Å². The molecule has 1 aliphatic rings. The Balaban J connectivity index is 1.70. The van der Waals surface area contributed by atoms with Crippen LogP contribution in [0.1, 0.15) is 41.0 Å². The van der Waals surface area contributed by atoms with E-state index in [2.05, 4.69) is 9.72 Å². The molecule has 0 saturated carbocycles. The molecule has 11 heteroatoms. The van der Waals surface area contributed by atoms with E-state index in [0.717, 1.165) is 12.1 Å². The number of hydrogen-bond acceptors (Lipinski definition) is 6. The number of Topliss-reactive ketones (excluding diaryl/α,β-unsaturated/α-hetero) is 1. The Labute approximate surface area is 192 Å². The van der Waals surface area contributed by atoms with E-state index in [0.29, 0.717) is 5.56 Å². The van der Waals surface area contributed by atoms with Crippen LogP contribution in [0.2, 0.25) is 0 Å². The van der Waals surface area contributed by atoms with Crippen molar-refractivity contribution in [2.24, 2.45) is 0 Å². The summed E-state index contributed by atoms with van der Waals surface area (Å²) in [5, 5.41) is 21.6. The number of aliphatic hydroxyl groups is 1.